The lowest BCUT2D eigenvalue weighted by atomic mass is 10.1. The molecule has 2 aromatic carbocycles. The molecule has 0 saturated carbocycles. The molecule has 1 heterocycles. The van der Waals surface area contributed by atoms with Crippen LogP contribution in [0.15, 0.2) is 36.4 Å². The van der Waals surface area contributed by atoms with E-state index in [1.54, 1.807) is 11.3 Å². The zero-order chi connectivity index (χ0) is 15.7. The molecule has 0 amide bonds. The number of hydrogen-bond acceptors (Lipinski definition) is 3. The third-order valence-electron chi connectivity index (χ3n) is 3.52. The summed E-state index contributed by atoms with van der Waals surface area (Å²) in [5.74, 6) is 0. The van der Waals surface area contributed by atoms with Gasteiger partial charge in [0.15, 0.2) is 5.11 Å². The monoisotopic (exact) mass is 327 g/mol. The Hall–Kier alpha value is -1.98. The van der Waals surface area contributed by atoms with Gasteiger partial charge in [-0.2, -0.15) is 0 Å². The third-order valence-corrected chi connectivity index (χ3v) is 4.66. The van der Waals surface area contributed by atoms with Crippen molar-refractivity contribution in [3.8, 4) is 0 Å². The van der Waals surface area contributed by atoms with Crippen LogP contribution in [0.4, 0.5) is 11.4 Å². The van der Waals surface area contributed by atoms with Crippen molar-refractivity contribution >= 4 is 50.3 Å². The van der Waals surface area contributed by atoms with E-state index in [2.05, 4.69) is 47.7 Å². The summed E-state index contributed by atoms with van der Waals surface area (Å²) in [6, 6.07) is 12.3. The Bertz CT molecular complexity index is 852. The minimum absolute atomic E-state index is 0.587. The lowest BCUT2D eigenvalue weighted by Crippen LogP contribution is -2.19. The van der Waals surface area contributed by atoms with Crippen LogP contribution in [-0.4, -0.2) is 10.1 Å². The minimum Gasteiger partial charge on any atom is -0.332 e. The number of thiocarbonyl (C=S) groups is 1. The fraction of sp³-hybridized carbons (Fsp3) is 0.176. The fourth-order valence-corrected chi connectivity index (χ4v) is 3.33. The molecule has 0 aliphatic carbocycles. The molecule has 0 spiro atoms. The second-order valence-electron chi connectivity index (χ2n) is 5.29. The number of nitrogens with zero attached hydrogens (tertiary/aromatic N) is 1. The maximum atomic E-state index is 5.39. The number of anilines is 2. The smallest absolute Gasteiger partial charge is 0.175 e. The molecular weight excluding hydrogens is 310 g/mol. The molecule has 2 N–H and O–H groups in total. The largest absolute Gasteiger partial charge is 0.332 e. The molecule has 5 heteroatoms. The summed E-state index contributed by atoms with van der Waals surface area (Å²) in [4.78, 5) is 4.46. The van der Waals surface area contributed by atoms with Crippen molar-refractivity contribution in [3.05, 3.63) is 52.5 Å². The molecule has 3 aromatic rings. The second kappa shape index (κ2) is 6.02. The van der Waals surface area contributed by atoms with Gasteiger partial charge in [0.2, 0.25) is 0 Å². The molecule has 3 nitrogen and oxygen atoms in total. The predicted octanol–water partition coefficient (Wildman–Crippen LogP) is 5.03. The Morgan fingerprint density at radius 1 is 0.955 bits per heavy atom. The topological polar surface area (TPSA) is 37.0 Å². The van der Waals surface area contributed by atoms with E-state index in [-0.39, 0.29) is 0 Å². The minimum atomic E-state index is 0.587. The standard InChI is InChI=1S/C17H17N3S2/c1-10-4-5-13(8-11(10)2)19-17(21)20-14-6-7-15-16(9-14)22-12(3)18-15/h4-9H,1-3H3,(H2,19,20,21). The molecule has 0 aliphatic heterocycles. The van der Waals surface area contributed by atoms with E-state index < -0.39 is 0 Å². The lowest BCUT2D eigenvalue weighted by molar-refractivity contribution is 1.34. The van der Waals surface area contributed by atoms with Crippen LogP contribution < -0.4 is 10.6 Å². The Morgan fingerprint density at radius 3 is 2.36 bits per heavy atom. The maximum absolute atomic E-state index is 5.39. The van der Waals surface area contributed by atoms with Crippen molar-refractivity contribution < 1.29 is 0 Å². The van der Waals surface area contributed by atoms with E-state index in [1.165, 1.54) is 11.1 Å². The van der Waals surface area contributed by atoms with Gasteiger partial charge in [-0.15, -0.1) is 11.3 Å². The first-order valence-electron chi connectivity index (χ1n) is 7.04. The lowest BCUT2D eigenvalue weighted by Gasteiger charge is -2.11. The van der Waals surface area contributed by atoms with Gasteiger partial charge >= 0.3 is 0 Å². The van der Waals surface area contributed by atoms with E-state index >= 15 is 0 Å². The number of hydrogen-bond donors (Lipinski definition) is 2. The van der Waals surface area contributed by atoms with E-state index in [0.717, 1.165) is 26.6 Å². The summed E-state index contributed by atoms with van der Waals surface area (Å²) >= 11 is 7.07. The molecule has 0 bridgehead atoms. The van der Waals surface area contributed by atoms with Gasteiger partial charge in [-0.05, 0) is 74.4 Å². The molecule has 0 atom stereocenters. The van der Waals surface area contributed by atoms with Crippen LogP contribution in [0.5, 0.6) is 0 Å². The van der Waals surface area contributed by atoms with Gasteiger partial charge in [0.05, 0.1) is 15.2 Å². The van der Waals surface area contributed by atoms with Crippen LogP contribution in [0, 0.1) is 20.8 Å². The van der Waals surface area contributed by atoms with Crippen molar-refractivity contribution in [2.75, 3.05) is 10.6 Å². The number of aryl methyl sites for hydroxylation is 3. The Morgan fingerprint density at radius 2 is 1.64 bits per heavy atom. The number of rotatable bonds is 2. The Balaban J connectivity index is 1.73. The molecule has 3 rings (SSSR count). The van der Waals surface area contributed by atoms with Gasteiger partial charge in [0.25, 0.3) is 0 Å². The highest BCUT2D eigenvalue weighted by Crippen LogP contribution is 2.25. The highest BCUT2D eigenvalue weighted by atomic mass is 32.1. The van der Waals surface area contributed by atoms with Gasteiger partial charge in [-0.1, -0.05) is 6.07 Å². The number of thiazole rings is 1. The van der Waals surface area contributed by atoms with Crippen LogP contribution in [0.3, 0.4) is 0 Å². The summed E-state index contributed by atoms with van der Waals surface area (Å²) < 4.78 is 1.16. The first kappa shape index (κ1) is 14.9. The summed E-state index contributed by atoms with van der Waals surface area (Å²) in [7, 11) is 0. The van der Waals surface area contributed by atoms with Gasteiger partial charge in [0, 0.05) is 11.4 Å². The maximum Gasteiger partial charge on any atom is 0.175 e. The summed E-state index contributed by atoms with van der Waals surface area (Å²) in [5, 5.41) is 8.10. The average Bonchev–Trinajstić information content (AvgIpc) is 2.82. The molecule has 1 aromatic heterocycles. The van der Waals surface area contributed by atoms with E-state index in [1.807, 2.05) is 25.1 Å². The molecule has 22 heavy (non-hydrogen) atoms. The van der Waals surface area contributed by atoms with Crippen molar-refractivity contribution in [2.24, 2.45) is 0 Å². The highest BCUT2D eigenvalue weighted by molar-refractivity contribution is 7.80. The van der Waals surface area contributed by atoms with Crippen molar-refractivity contribution in [1.29, 1.82) is 0 Å². The first-order valence-corrected chi connectivity index (χ1v) is 8.26. The van der Waals surface area contributed by atoms with Crippen molar-refractivity contribution in [3.63, 3.8) is 0 Å². The van der Waals surface area contributed by atoms with Crippen LogP contribution in [0.1, 0.15) is 16.1 Å². The molecule has 0 aliphatic rings. The number of benzene rings is 2. The SMILES string of the molecule is Cc1nc2ccc(NC(=S)Nc3ccc(C)c(C)c3)cc2s1. The van der Waals surface area contributed by atoms with Crippen molar-refractivity contribution in [2.45, 2.75) is 20.8 Å². The first-order chi connectivity index (χ1) is 10.5. The number of nitrogens with one attached hydrogen (secondary N) is 2. The zero-order valence-corrected chi connectivity index (χ0v) is 14.4. The van der Waals surface area contributed by atoms with Crippen LogP contribution >= 0.6 is 23.6 Å². The summed E-state index contributed by atoms with van der Waals surface area (Å²) in [6.07, 6.45) is 0. The van der Waals surface area contributed by atoms with E-state index in [0.29, 0.717) is 5.11 Å². The number of aromatic nitrogens is 1. The quantitative estimate of drug-likeness (QED) is 0.647. The molecule has 0 unspecified atom stereocenters. The third kappa shape index (κ3) is 3.26. The predicted molar refractivity (Wildman–Crippen MR) is 100 cm³/mol. The van der Waals surface area contributed by atoms with Gasteiger partial charge < -0.3 is 10.6 Å². The molecule has 112 valence electrons. The van der Waals surface area contributed by atoms with Crippen molar-refractivity contribution in [1.82, 2.24) is 4.98 Å². The Kier molecular flexibility index (Phi) is 4.09. The van der Waals surface area contributed by atoms with Gasteiger partial charge in [0.1, 0.15) is 0 Å². The average molecular weight is 327 g/mol. The highest BCUT2D eigenvalue weighted by Gasteiger charge is 2.04. The molecule has 0 radical (unpaired) electrons. The van der Waals surface area contributed by atoms with Crippen LogP contribution in [0.25, 0.3) is 10.2 Å². The van der Waals surface area contributed by atoms with Crippen LogP contribution in [0.2, 0.25) is 0 Å². The zero-order valence-electron chi connectivity index (χ0n) is 12.7. The van der Waals surface area contributed by atoms with Gasteiger partial charge in [-0.3, -0.25) is 0 Å². The number of fused-ring (bicyclic) bond motifs is 1. The molecular formula is C17H17N3S2. The summed E-state index contributed by atoms with van der Waals surface area (Å²) in [6.45, 7) is 6.21. The van der Waals surface area contributed by atoms with Gasteiger partial charge in [-0.25, -0.2) is 4.98 Å². The normalized spacial score (nSPS) is 10.7. The summed E-state index contributed by atoms with van der Waals surface area (Å²) in [5.41, 5.74) is 5.51. The van der Waals surface area contributed by atoms with E-state index in [4.69, 9.17) is 12.2 Å². The van der Waals surface area contributed by atoms with Crippen LogP contribution in [-0.2, 0) is 0 Å². The fourth-order valence-electron chi connectivity index (χ4n) is 2.23. The molecule has 0 fully saturated rings. The molecule has 0 saturated heterocycles. The Labute approximate surface area is 139 Å². The van der Waals surface area contributed by atoms with E-state index in [9.17, 15) is 0 Å². The second-order valence-corrected chi connectivity index (χ2v) is 6.94.